The summed E-state index contributed by atoms with van der Waals surface area (Å²) in [6.07, 6.45) is -1.75. The summed E-state index contributed by atoms with van der Waals surface area (Å²) in [6, 6.07) is 14.3. The lowest BCUT2D eigenvalue weighted by atomic mass is 9.94. The number of esters is 1. The highest BCUT2D eigenvalue weighted by molar-refractivity contribution is 7.07. The number of ether oxygens (including phenoxy) is 2. The maximum atomic E-state index is 13.9. The number of alkyl halides is 3. The molecule has 0 N–H and O–H groups in total. The van der Waals surface area contributed by atoms with Gasteiger partial charge in [-0.1, -0.05) is 48.9 Å². The summed E-state index contributed by atoms with van der Waals surface area (Å²) in [4.78, 5) is 32.3. The van der Waals surface area contributed by atoms with Gasteiger partial charge in [-0.15, -0.1) is 0 Å². The second kappa shape index (κ2) is 11.8. The number of aromatic nitrogens is 1. The van der Waals surface area contributed by atoms with Crippen LogP contribution in [-0.4, -0.2) is 24.3 Å². The number of benzene rings is 2. The first-order valence-electron chi connectivity index (χ1n) is 13.3. The maximum absolute atomic E-state index is 13.9. The molecule has 1 atom stereocenters. The van der Waals surface area contributed by atoms with Crippen molar-refractivity contribution in [2.45, 2.75) is 38.9 Å². The molecule has 0 aliphatic carbocycles. The van der Waals surface area contributed by atoms with Crippen molar-refractivity contribution in [1.82, 2.24) is 4.57 Å². The summed E-state index contributed by atoms with van der Waals surface area (Å²) < 4.78 is 58.0. The Morgan fingerprint density at radius 1 is 1.12 bits per heavy atom. The van der Waals surface area contributed by atoms with Crippen LogP contribution < -0.4 is 19.6 Å². The predicted molar refractivity (Wildman–Crippen MR) is 152 cm³/mol. The molecule has 5 rings (SSSR count). The molecule has 0 fully saturated rings. The fourth-order valence-corrected chi connectivity index (χ4v) is 5.81. The Hall–Kier alpha value is -4.38. The topological polar surface area (TPSA) is 83.0 Å². The van der Waals surface area contributed by atoms with Gasteiger partial charge in [0, 0.05) is 11.6 Å². The summed E-state index contributed by atoms with van der Waals surface area (Å²) in [5, 5.41) is 0. The number of carbonyl (C=O) groups excluding carboxylic acids is 1. The highest BCUT2D eigenvalue weighted by Gasteiger charge is 2.34. The van der Waals surface area contributed by atoms with Crippen molar-refractivity contribution >= 4 is 23.4 Å². The van der Waals surface area contributed by atoms with Crippen LogP contribution in [0.5, 0.6) is 5.75 Å². The number of carbonyl (C=O) groups is 1. The molecule has 1 aliphatic heterocycles. The Labute approximate surface area is 242 Å². The van der Waals surface area contributed by atoms with Crippen LogP contribution in [0.1, 0.15) is 49.6 Å². The summed E-state index contributed by atoms with van der Waals surface area (Å²) in [5.74, 6) is 0.515. The Balaban J connectivity index is 1.65. The maximum Gasteiger partial charge on any atom is 0.416 e. The highest BCUT2D eigenvalue weighted by Crippen LogP contribution is 2.35. The van der Waals surface area contributed by atoms with Crippen LogP contribution in [-0.2, 0) is 15.7 Å². The first-order valence-corrected chi connectivity index (χ1v) is 14.1. The third kappa shape index (κ3) is 5.69. The Kier molecular flexibility index (Phi) is 8.22. The Bertz CT molecular complexity index is 1850. The normalized spacial score (nSPS) is 15.4. The number of hydrogen-bond donors (Lipinski definition) is 0. The zero-order valence-electron chi connectivity index (χ0n) is 23.0. The first-order chi connectivity index (χ1) is 20.1. The molecule has 1 unspecified atom stereocenters. The Morgan fingerprint density at radius 2 is 1.90 bits per heavy atom. The zero-order valence-corrected chi connectivity index (χ0v) is 23.8. The van der Waals surface area contributed by atoms with Crippen LogP contribution in [0.4, 0.5) is 13.2 Å². The molecule has 0 spiro atoms. The van der Waals surface area contributed by atoms with Crippen molar-refractivity contribution in [3.8, 4) is 17.1 Å². The number of hydrogen-bond acceptors (Lipinski definition) is 7. The SMILES string of the molecule is CCCC1=C(C(=O)OCC)C(c2cccc(OC)c2)n2c(s/c(=C\c3ccc(-c4cccc(C(F)(F)F)c4)o3)c2=O)=N1. The van der Waals surface area contributed by atoms with Crippen LogP contribution in [0, 0.1) is 0 Å². The van der Waals surface area contributed by atoms with Crippen LogP contribution in [0.15, 0.2) is 86.1 Å². The molecule has 42 heavy (non-hydrogen) atoms. The minimum Gasteiger partial charge on any atom is -0.497 e. The quantitative estimate of drug-likeness (QED) is 0.238. The van der Waals surface area contributed by atoms with Crippen molar-refractivity contribution in [3.05, 3.63) is 109 Å². The van der Waals surface area contributed by atoms with E-state index in [9.17, 15) is 22.8 Å². The van der Waals surface area contributed by atoms with Crippen LogP contribution >= 0.6 is 11.3 Å². The summed E-state index contributed by atoms with van der Waals surface area (Å²) >= 11 is 1.13. The molecule has 0 bridgehead atoms. The zero-order chi connectivity index (χ0) is 30.0. The average Bonchev–Trinajstić information content (AvgIpc) is 3.56. The molecule has 2 aromatic heterocycles. The molecule has 0 saturated heterocycles. The van der Waals surface area contributed by atoms with E-state index in [1.807, 2.05) is 13.0 Å². The number of nitrogens with zero attached hydrogens (tertiary/aromatic N) is 2. The third-order valence-corrected chi connectivity index (χ3v) is 7.66. The van der Waals surface area contributed by atoms with E-state index in [0.717, 1.165) is 23.5 Å². The molecule has 1 aliphatic rings. The van der Waals surface area contributed by atoms with Crippen LogP contribution in [0.2, 0.25) is 0 Å². The lowest BCUT2D eigenvalue weighted by Crippen LogP contribution is -2.40. The highest BCUT2D eigenvalue weighted by atomic mass is 32.1. The van der Waals surface area contributed by atoms with Gasteiger partial charge in [-0.2, -0.15) is 13.2 Å². The molecule has 3 heterocycles. The average molecular weight is 597 g/mol. The van der Waals surface area contributed by atoms with Crippen molar-refractivity contribution in [2.24, 2.45) is 4.99 Å². The number of methoxy groups -OCH3 is 1. The lowest BCUT2D eigenvalue weighted by Gasteiger charge is -2.26. The van der Waals surface area contributed by atoms with Gasteiger partial charge in [0.1, 0.15) is 17.3 Å². The van der Waals surface area contributed by atoms with E-state index in [0.29, 0.717) is 34.7 Å². The minimum atomic E-state index is -4.49. The van der Waals surface area contributed by atoms with E-state index >= 15 is 0 Å². The molecule has 11 heteroatoms. The van der Waals surface area contributed by atoms with Crippen molar-refractivity contribution in [1.29, 1.82) is 0 Å². The second-order valence-electron chi connectivity index (χ2n) is 9.47. The van der Waals surface area contributed by atoms with E-state index in [2.05, 4.69) is 0 Å². The molecular formula is C31H27F3N2O5S. The van der Waals surface area contributed by atoms with E-state index in [4.69, 9.17) is 18.9 Å². The van der Waals surface area contributed by atoms with E-state index in [-0.39, 0.29) is 33.8 Å². The molecule has 218 valence electrons. The number of halogens is 3. The van der Waals surface area contributed by atoms with Gasteiger partial charge in [0.25, 0.3) is 5.56 Å². The molecular weight excluding hydrogens is 569 g/mol. The summed E-state index contributed by atoms with van der Waals surface area (Å²) in [6.45, 7) is 3.84. The smallest absolute Gasteiger partial charge is 0.416 e. The number of allylic oxidation sites excluding steroid dienone is 1. The number of rotatable bonds is 8. The van der Waals surface area contributed by atoms with Crippen molar-refractivity contribution in [2.75, 3.05) is 13.7 Å². The molecule has 0 saturated carbocycles. The van der Waals surface area contributed by atoms with E-state index < -0.39 is 29.3 Å². The largest absolute Gasteiger partial charge is 0.497 e. The molecule has 0 radical (unpaired) electrons. The van der Waals surface area contributed by atoms with Gasteiger partial charge >= 0.3 is 12.1 Å². The molecule has 2 aromatic carbocycles. The summed E-state index contributed by atoms with van der Waals surface area (Å²) in [7, 11) is 1.53. The fraction of sp³-hybridized carbons (Fsp3) is 0.258. The Morgan fingerprint density at radius 3 is 2.62 bits per heavy atom. The lowest BCUT2D eigenvalue weighted by molar-refractivity contribution is -0.139. The number of thiazole rings is 1. The standard InChI is InChI=1S/C31H27F3N2O5S/c1-4-8-23-26(29(38)40-5-2)27(19-10-7-12-21(16-19)39-3)36-28(37)25(42-30(36)35-23)17-22-13-14-24(41-22)18-9-6-11-20(15-18)31(32,33)34/h6-7,9-17,27H,4-5,8H2,1-3H3/b25-17-. The van der Waals surface area contributed by atoms with Gasteiger partial charge < -0.3 is 13.9 Å². The van der Waals surface area contributed by atoms with Gasteiger partial charge in [-0.3, -0.25) is 9.36 Å². The van der Waals surface area contributed by atoms with E-state index in [1.54, 1.807) is 37.3 Å². The van der Waals surface area contributed by atoms with Gasteiger partial charge in [0.2, 0.25) is 0 Å². The monoisotopic (exact) mass is 596 g/mol. The van der Waals surface area contributed by atoms with Gasteiger partial charge in [0.15, 0.2) is 4.80 Å². The fourth-order valence-electron chi connectivity index (χ4n) is 4.81. The third-order valence-electron chi connectivity index (χ3n) is 6.68. The number of furan rings is 1. The van der Waals surface area contributed by atoms with Crippen LogP contribution in [0.3, 0.4) is 0 Å². The predicted octanol–water partition coefficient (Wildman–Crippen LogP) is 5.87. The summed E-state index contributed by atoms with van der Waals surface area (Å²) in [5.41, 5.74) is 0.549. The van der Waals surface area contributed by atoms with Crippen molar-refractivity contribution < 1.29 is 31.9 Å². The van der Waals surface area contributed by atoms with Gasteiger partial charge in [-0.05, 0) is 55.3 Å². The molecule has 4 aromatic rings. The molecule has 7 nitrogen and oxygen atoms in total. The minimum absolute atomic E-state index is 0.156. The van der Waals surface area contributed by atoms with Gasteiger partial charge in [0.05, 0.1) is 41.1 Å². The van der Waals surface area contributed by atoms with Crippen LogP contribution in [0.25, 0.3) is 17.4 Å². The van der Waals surface area contributed by atoms with E-state index in [1.165, 1.54) is 29.9 Å². The van der Waals surface area contributed by atoms with Gasteiger partial charge in [-0.25, -0.2) is 9.79 Å². The van der Waals surface area contributed by atoms with Crippen molar-refractivity contribution in [3.63, 3.8) is 0 Å². The molecule has 0 amide bonds. The second-order valence-corrected chi connectivity index (χ2v) is 10.5. The number of fused-ring (bicyclic) bond motifs is 1. The first kappa shape index (κ1) is 29.1.